The van der Waals surface area contributed by atoms with E-state index < -0.39 is 12.0 Å². The molecule has 1 amide bonds. The third-order valence-electron chi connectivity index (χ3n) is 3.79. The molecule has 1 aromatic heterocycles. The zero-order valence-corrected chi connectivity index (χ0v) is 14.0. The van der Waals surface area contributed by atoms with E-state index in [9.17, 15) is 9.59 Å². The van der Waals surface area contributed by atoms with Gasteiger partial charge >= 0.3 is 5.97 Å². The van der Waals surface area contributed by atoms with E-state index in [1.54, 1.807) is 11.3 Å². The number of nitrogens with one attached hydrogen (secondary N) is 1. The second kappa shape index (κ2) is 8.17. The first-order valence-electron chi connectivity index (χ1n) is 7.43. The van der Waals surface area contributed by atoms with Crippen molar-refractivity contribution in [3.05, 3.63) is 21.4 Å². The van der Waals surface area contributed by atoms with E-state index in [-0.39, 0.29) is 11.8 Å². The van der Waals surface area contributed by atoms with Gasteiger partial charge in [0.1, 0.15) is 6.04 Å². The van der Waals surface area contributed by atoms with Gasteiger partial charge in [-0.05, 0) is 44.2 Å². The summed E-state index contributed by atoms with van der Waals surface area (Å²) in [4.78, 5) is 25.6. The molecule has 0 aromatic carbocycles. The number of aliphatic carboxylic acids is 1. The molecule has 0 bridgehead atoms. The molecule has 118 valence electrons. The average molecular weight is 311 g/mol. The fraction of sp³-hybridized carbons (Fsp3) is 0.625. The van der Waals surface area contributed by atoms with Crippen LogP contribution in [0.25, 0.3) is 0 Å². The van der Waals surface area contributed by atoms with Crippen LogP contribution >= 0.6 is 11.3 Å². The van der Waals surface area contributed by atoms with Crippen molar-refractivity contribution in [3.63, 3.8) is 0 Å². The Balaban J connectivity index is 2.43. The van der Waals surface area contributed by atoms with E-state index in [1.807, 2.05) is 13.8 Å². The highest BCUT2D eigenvalue weighted by atomic mass is 32.1. The lowest BCUT2D eigenvalue weighted by Gasteiger charge is -2.20. The average Bonchev–Trinajstić information content (AvgIpc) is 2.73. The van der Waals surface area contributed by atoms with Crippen LogP contribution in [0, 0.1) is 19.8 Å². The van der Waals surface area contributed by atoms with E-state index in [0.717, 1.165) is 19.3 Å². The smallest absolute Gasteiger partial charge is 0.326 e. The summed E-state index contributed by atoms with van der Waals surface area (Å²) in [5.41, 5.74) is 1.29. The molecule has 0 saturated carbocycles. The molecule has 0 aliphatic carbocycles. The van der Waals surface area contributed by atoms with Gasteiger partial charge in [-0.2, -0.15) is 0 Å². The largest absolute Gasteiger partial charge is 0.480 e. The van der Waals surface area contributed by atoms with Crippen molar-refractivity contribution in [2.24, 2.45) is 5.92 Å². The molecule has 5 heteroatoms. The molecule has 2 unspecified atom stereocenters. The number of aryl methyl sites for hydroxylation is 3. The van der Waals surface area contributed by atoms with Gasteiger partial charge in [-0.1, -0.05) is 20.3 Å². The van der Waals surface area contributed by atoms with Gasteiger partial charge in [0.15, 0.2) is 0 Å². The minimum Gasteiger partial charge on any atom is -0.480 e. The Morgan fingerprint density at radius 2 is 2.05 bits per heavy atom. The molecule has 0 saturated heterocycles. The number of carbonyl (C=O) groups is 2. The lowest BCUT2D eigenvalue weighted by molar-refractivity contribution is -0.143. The van der Waals surface area contributed by atoms with Crippen molar-refractivity contribution in [3.8, 4) is 0 Å². The quantitative estimate of drug-likeness (QED) is 0.774. The van der Waals surface area contributed by atoms with E-state index in [1.165, 1.54) is 15.3 Å². The zero-order chi connectivity index (χ0) is 16.0. The summed E-state index contributed by atoms with van der Waals surface area (Å²) in [5.74, 6) is -1.19. The fourth-order valence-corrected chi connectivity index (χ4v) is 3.28. The highest BCUT2D eigenvalue weighted by Gasteiger charge is 2.24. The standard InChI is InChI=1S/C16H25NO3S/c1-5-10(2)15(16(19)20)17-14(18)8-6-7-13-9-11(3)21-12(13)4/h9-10,15H,5-8H2,1-4H3,(H,17,18)(H,19,20). The second-order valence-corrected chi connectivity index (χ2v) is 7.02. The molecule has 2 atom stereocenters. The first kappa shape index (κ1) is 17.7. The predicted molar refractivity (Wildman–Crippen MR) is 85.8 cm³/mol. The SMILES string of the molecule is CCC(C)C(NC(=O)CCCc1cc(C)sc1C)C(=O)O. The molecule has 1 aromatic rings. The number of carboxylic acids is 1. The number of hydrogen-bond acceptors (Lipinski definition) is 3. The van der Waals surface area contributed by atoms with Crippen LogP contribution in [0.4, 0.5) is 0 Å². The minimum atomic E-state index is -0.956. The Morgan fingerprint density at radius 1 is 1.38 bits per heavy atom. The van der Waals surface area contributed by atoms with Gasteiger partial charge < -0.3 is 10.4 Å². The number of hydrogen-bond donors (Lipinski definition) is 2. The van der Waals surface area contributed by atoms with Crippen LogP contribution in [0.3, 0.4) is 0 Å². The van der Waals surface area contributed by atoms with Crippen molar-refractivity contribution >= 4 is 23.2 Å². The van der Waals surface area contributed by atoms with Crippen molar-refractivity contribution < 1.29 is 14.7 Å². The molecule has 1 heterocycles. The number of carboxylic acid groups (broad SMARTS) is 1. The molecule has 0 aliphatic rings. The Kier molecular flexibility index (Phi) is 6.89. The number of amides is 1. The lowest BCUT2D eigenvalue weighted by atomic mass is 9.99. The summed E-state index contributed by atoms with van der Waals surface area (Å²) in [6.45, 7) is 7.94. The Bertz CT molecular complexity index is 496. The molecule has 0 radical (unpaired) electrons. The number of rotatable bonds is 8. The van der Waals surface area contributed by atoms with Crippen LogP contribution in [0.15, 0.2) is 6.07 Å². The van der Waals surface area contributed by atoms with Crippen LogP contribution in [0.1, 0.15) is 48.4 Å². The summed E-state index contributed by atoms with van der Waals surface area (Å²) >= 11 is 1.77. The molecule has 4 nitrogen and oxygen atoms in total. The van der Waals surface area contributed by atoms with Crippen LogP contribution in [-0.2, 0) is 16.0 Å². The van der Waals surface area contributed by atoms with Gasteiger partial charge in [-0.15, -0.1) is 11.3 Å². The maximum atomic E-state index is 11.9. The molecule has 1 rings (SSSR count). The highest BCUT2D eigenvalue weighted by molar-refractivity contribution is 7.12. The summed E-state index contributed by atoms with van der Waals surface area (Å²) in [6, 6.07) is 1.38. The normalized spacial score (nSPS) is 13.7. The number of carbonyl (C=O) groups excluding carboxylic acids is 1. The van der Waals surface area contributed by atoms with Crippen LogP contribution in [0.5, 0.6) is 0 Å². The van der Waals surface area contributed by atoms with Crippen LogP contribution < -0.4 is 5.32 Å². The molecule has 0 fully saturated rings. The van der Waals surface area contributed by atoms with Gasteiger partial charge in [0.05, 0.1) is 0 Å². The molecular weight excluding hydrogens is 286 g/mol. The Morgan fingerprint density at radius 3 is 2.52 bits per heavy atom. The van der Waals surface area contributed by atoms with Crippen molar-refractivity contribution in [2.45, 2.75) is 59.4 Å². The number of thiophene rings is 1. The van der Waals surface area contributed by atoms with Gasteiger partial charge in [-0.25, -0.2) is 4.79 Å². The second-order valence-electron chi connectivity index (χ2n) is 5.56. The Hall–Kier alpha value is -1.36. The first-order chi connectivity index (χ1) is 9.85. The molecule has 2 N–H and O–H groups in total. The van der Waals surface area contributed by atoms with Crippen molar-refractivity contribution in [1.82, 2.24) is 5.32 Å². The van der Waals surface area contributed by atoms with E-state index in [4.69, 9.17) is 5.11 Å². The van der Waals surface area contributed by atoms with Crippen molar-refractivity contribution in [1.29, 1.82) is 0 Å². The summed E-state index contributed by atoms with van der Waals surface area (Å²) in [5, 5.41) is 11.8. The van der Waals surface area contributed by atoms with E-state index >= 15 is 0 Å². The summed E-state index contributed by atoms with van der Waals surface area (Å²) in [6.07, 6.45) is 2.71. The van der Waals surface area contributed by atoms with Gasteiger partial charge in [0, 0.05) is 16.2 Å². The van der Waals surface area contributed by atoms with Gasteiger partial charge in [0.2, 0.25) is 5.91 Å². The molecule has 0 spiro atoms. The van der Waals surface area contributed by atoms with Crippen LogP contribution in [0.2, 0.25) is 0 Å². The maximum absolute atomic E-state index is 11.9. The molecule has 21 heavy (non-hydrogen) atoms. The molecular formula is C16H25NO3S. The van der Waals surface area contributed by atoms with E-state index in [0.29, 0.717) is 6.42 Å². The van der Waals surface area contributed by atoms with Gasteiger partial charge in [-0.3, -0.25) is 4.79 Å². The highest BCUT2D eigenvalue weighted by Crippen LogP contribution is 2.22. The summed E-state index contributed by atoms with van der Waals surface area (Å²) in [7, 11) is 0. The predicted octanol–water partition coefficient (Wildman–Crippen LogP) is 3.30. The molecule has 0 aliphatic heterocycles. The van der Waals surface area contributed by atoms with Crippen molar-refractivity contribution in [2.75, 3.05) is 0 Å². The van der Waals surface area contributed by atoms with E-state index in [2.05, 4.69) is 25.2 Å². The minimum absolute atomic E-state index is 0.0618. The lowest BCUT2D eigenvalue weighted by Crippen LogP contribution is -2.44. The summed E-state index contributed by atoms with van der Waals surface area (Å²) < 4.78 is 0. The third kappa shape index (κ3) is 5.50. The maximum Gasteiger partial charge on any atom is 0.326 e. The monoisotopic (exact) mass is 311 g/mol. The van der Waals surface area contributed by atoms with Gasteiger partial charge in [0.25, 0.3) is 0 Å². The fourth-order valence-electron chi connectivity index (χ4n) is 2.30. The Labute approximate surface area is 130 Å². The third-order valence-corrected chi connectivity index (χ3v) is 4.80. The van der Waals surface area contributed by atoms with Crippen LogP contribution in [-0.4, -0.2) is 23.0 Å². The zero-order valence-electron chi connectivity index (χ0n) is 13.2. The first-order valence-corrected chi connectivity index (χ1v) is 8.24. The topological polar surface area (TPSA) is 66.4 Å².